The first-order valence-corrected chi connectivity index (χ1v) is 6.15. The third-order valence-electron chi connectivity index (χ3n) is 3.06. The first-order valence-electron chi connectivity index (χ1n) is 6.15. The Bertz CT molecular complexity index is 388. The van der Waals surface area contributed by atoms with E-state index in [-0.39, 0.29) is 5.91 Å². The molecule has 3 heteroatoms. The molecule has 0 aromatic heterocycles. The fraction of sp³-hybridized carbons (Fsp3) is 0.500. The fourth-order valence-electron chi connectivity index (χ4n) is 1.53. The van der Waals surface area contributed by atoms with E-state index in [0.717, 1.165) is 18.7 Å². The van der Waals surface area contributed by atoms with Crippen molar-refractivity contribution < 1.29 is 4.79 Å². The number of hydrogen-bond donors (Lipinski definition) is 2. The fourth-order valence-corrected chi connectivity index (χ4v) is 1.53. The second-order valence-corrected chi connectivity index (χ2v) is 4.50. The van der Waals surface area contributed by atoms with Gasteiger partial charge in [-0.1, -0.05) is 26.3 Å². The van der Waals surface area contributed by atoms with Crippen molar-refractivity contribution >= 4 is 11.6 Å². The molecule has 1 unspecified atom stereocenters. The summed E-state index contributed by atoms with van der Waals surface area (Å²) in [6, 6.07) is 5.74. The van der Waals surface area contributed by atoms with Gasteiger partial charge in [-0.15, -0.1) is 0 Å². The molecule has 1 aromatic carbocycles. The van der Waals surface area contributed by atoms with E-state index < -0.39 is 0 Å². The molecule has 17 heavy (non-hydrogen) atoms. The van der Waals surface area contributed by atoms with Gasteiger partial charge in [0.25, 0.3) is 5.91 Å². The van der Waals surface area contributed by atoms with Crippen LogP contribution in [0.2, 0.25) is 0 Å². The molecular formula is C14H22N2O. The van der Waals surface area contributed by atoms with Crippen LogP contribution in [-0.2, 0) is 0 Å². The van der Waals surface area contributed by atoms with Gasteiger partial charge in [-0.2, -0.15) is 0 Å². The van der Waals surface area contributed by atoms with Crippen molar-refractivity contribution in [1.29, 1.82) is 0 Å². The highest BCUT2D eigenvalue weighted by molar-refractivity contribution is 5.95. The molecule has 1 aromatic rings. The SMILES string of the molecule is CCC(C)CNc1cc(C(=O)NC)ccc1C. The van der Waals surface area contributed by atoms with E-state index >= 15 is 0 Å². The van der Waals surface area contributed by atoms with Gasteiger partial charge < -0.3 is 10.6 Å². The number of aryl methyl sites for hydroxylation is 1. The molecule has 0 aliphatic heterocycles. The highest BCUT2D eigenvalue weighted by Gasteiger charge is 2.06. The van der Waals surface area contributed by atoms with E-state index in [4.69, 9.17) is 0 Å². The van der Waals surface area contributed by atoms with E-state index in [2.05, 4.69) is 24.5 Å². The van der Waals surface area contributed by atoms with Gasteiger partial charge in [-0.25, -0.2) is 0 Å². The van der Waals surface area contributed by atoms with Crippen LogP contribution in [0.4, 0.5) is 5.69 Å². The summed E-state index contributed by atoms with van der Waals surface area (Å²) in [5.74, 6) is 0.592. The van der Waals surface area contributed by atoms with Gasteiger partial charge in [0.15, 0.2) is 0 Å². The first kappa shape index (κ1) is 13.6. The lowest BCUT2D eigenvalue weighted by Gasteiger charge is -2.14. The van der Waals surface area contributed by atoms with Crippen LogP contribution in [0.5, 0.6) is 0 Å². The lowest BCUT2D eigenvalue weighted by atomic mass is 10.1. The smallest absolute Gasteiger partial charge is 0.251 e. The number of amides is 1. The Labute approximate surface area is 104 Å². The molecule has 3 nitrogen and oxygen atoms in total. The molecule has 1 amide bonds. The predicted molar refractivity (Wildman–Crippen MR) is 72.5 cm³/mol. The molecule has 0 aliphatic carbocycles. The van der Waals surface area contributed by atoms with Crippen LogP contribution in [0.1, 0.15) is 36.2 Å². The summed E-state index contributed by atoms with van der Waals surface area (Å²) in [4.78, 5) is 11.5. The summed E-state index contributed by atoms with van der Waals surface area (Å²) >= 11 is 0. The molecule has 2 N–H and O–H groups in total. The topological polar surface area (TPSA) is 41.1 Å². The number of hydrogen-bond acceptors (Lipinski definition) is 2. The number of benzene rings is 1. The zero-order chi connectivity index (χ0) is 12.8. The minimum absolute atomic E-state index is 0.0448. The van der Waals surface area contributed by atoms with E-state index in [1.54, 1.807) is 7.05 Å². The molecule has 0 saturated carbocycles. The number of rotatable bonds is 5. The highest BCUT2D eigenvalue weighted by Crippen LogP contribution is 2.17. The van der Waals surface area contributed by atoms with Crippen LogP contribution in [0.15, 0.2) is 18.2 Å². The normalized spacial score (nSPS) is 12.0. The molecule has 0 bridgehead atoms. The Morgan fingerprint density at radius 3 is 2.71 bits per heavy atom. The van der Waals surface area contributed by atoms with Gasteiger partial charge in [0.1, 0.15) is 0 Å². The average Bonchev–Trinajstić information content (AvgIpc) is 2.36. The Morgan fingerprint density at radius 2 is 2.12 bits per heavy atom. The standard InChI is InChI=1S/C14H22N2O/c1-5-10(2)9-16-13-8-12(14(17)15-4)7-6-11(13)3/h6-8,10,16H,5,9H2,1-4H3,(H,15,17). The van der Waals surface area contributed by atoms with E-state index in [9.17, 15) is 4.79 Å². The van der Waals surface area contributed by atoms with Crippen molar-refractivity contribution in [2.75, 3.05) is 18.9 Å². The number of carbonyl (C=O) groups is 1. The van der Waals surface area contributed by atoms with Crippen LogP contribution >= 0.6 is 0 Å². The van der Waals surface area contributed by atoms with Crippen molar-refractivity contribution in [2.24, 2.45) is 5.92 Å². The largest absolute Gasteiger partial charge is 0.385 e. The monoisotopic (exact) mass is 234 g/mol. The van der Waals surface area contributed by atoms with Gasteiger partial charge in [-0.05, 0) is 30.5 Å². The lowest BCUT2D eigenvalue weighted by molar-refractivity contribution is 0.0963. The third kappa shape index (κ3) is 3.77. The van der Waals surface area contributed by atoms with Gasteiger partial charge in [-0.3, -0.25) is 4.79 Å². The summed E-state index contributed by atoms with van der Waals surface area (Å²) in [6.07, 6.45) is 1.15. The van der Waals surface area contributed by atoms with Gasteiger partial charge in [0.05, 0.1) is 0 Å². The second-order valence-electron chi connectivity index (χ2n) is 4.50. The zero-order valence-electron chi connectivity index (χ0n) is 11.1. The molecule has 0 heterocycles. The van der Waals surface area contributed by atoms with E-state index in [1.807, 2.05) is 25.1 Å². The number of anilines is 1. The maximum atomic E-state index is 11.5. The zero-order valence-corrected chi connectivity index (χ0v) is 11.1. The lowest BCUT2D eigenvalue weighted by Crippen LogP contribution is -2.18. The summed E-state index contributed by atoms with van der Waals surface area (Å²) in [6.45, 7) is 7.38. The van der Waals surface area contributed by atoms with Gasteiger partial charge in [0.2, 0.25) is 0 Å². The summed E-state index contributed by atoms with van der Waals surface area (Å²) < 4.78 is 0. The van der Waals surface area contributed by atoms with Crippen LogP contribution in [0.3, 0.4) is 0 Å². The number of carbonyl (C=O) groups excluding carboxylic acids is 1. The number of nitrogens with one attached hydrogen (secondary N) is 2. The second kappa shape index (κ2) is 6.28. The van der Waals surface area contributed by atoms with Crippen LogP contribution in [-0.4, -0.2) is 19.5 Å². The van der Waals surface area contributed by atoms with Gasteiger partial charge in [0, 0.05) is 24.8 Å². The van der Waals surface area contributed by atoms with Gasteiger partial charge >= 0.3 is 0 Å². The Hall–Kier alpha value is -1.51. The molecule has 1 atom stereocenters. The molecular weight excluding hydrogens is 212 g/mol. The van der Waals surface area contributed by atoms with Crippen LogP contribution < -0.4 is 10.6 Å². The summed E-state index contributed by atoms with van der Waals surface area (Å²) in [5, 5.41) is 6.04. The van der Waals surface area contributed by atoms with Crippen molar-refractivity contribution in [3.63, 3.8) is 0 Å². The maximum absolute atomic E-state index is 11.5. The van der Waals surface area contributed by atoms with Crippen LogP contribution in [0.25, 0.3) is 0 Å². The minimum atomic E-state index is -0.0448. The molecule has 0 spiro atoms. The van der Waals surface area contributed by atoms with Crippen LogP contribution in [0, 0.1) is 12.8 Å². The Morgan fingerprint density at radius 1 is 1.41 bits per heavy atom. The van der Waals surface area contributed by atoms with E-state index in [1.165, 1.54) is 5.56 Å². The summed E-state index contributed by atoms with van der Waals surface area (Å²) in [7, 11) is 1.65. The molecule has 0 radical (unpaired) electrons. The van der Waals surface area contributed by atoms with Crippen molar-refractivity contribution in [1.82, 2.24) is 5.32 Å². The van der Waals surface area contributed by atoms with E-state index in [0.29, 0.717) is 11.5 Å². The first-order chi connectivity index (χ1) is 8.08. The average molecular weight is 234 g/mol. The molecule has 1 rings (SSSR count). The van der Waals surface area contributed by atoms with Crippen molar-refractivity contribution in [3.8, 4) is 0 Å². The molecule has 0 saturated heterocycles. The minimum Gasteiger partial charge on any atom is -0.385 e. The molecule has 0 fully saturated rings. The highest BCUT2D eigenvalue weighted by atomic mass is 16.1. The molecule has 0 aliphatic rings. The quantitative estimate of drug-likeness (QED) is 0.822. The molecule has 94 valence electrons. The summed E-state index contributed by atoms with van der Waals surface area (Å²) in [5.41, 5.74) is 2.91. The maximum Gasteiger partial charge on any atom is 0.251 e. The van der Waals surface area contributed by atoms with Crippen molar-refractivity contribution in [2.45, 2.75) is 27.2 Å². The van der Waals surface area contributed by atoms with Crippen molar-refractivity contribution in [3.05, 3.63) is 29.3 Å². The Kier molecular flexibility index (Phi) is 5.01. The predicted octanol–water partition coefficient (Wildman–Crippen LogP) is 2.81. The third-order valence-corrected chi connectivity index (χ3v) is 3.06. The Balaban J connectivity index is 2.80.